The summed E-state index contributed by atoms with van der Waals surface area (Å²) in [5, 5.41) is 0.413. The SMILES string of the molecule is CC(C)(C)C1C(c2ccc(Br)cc2Cl)C1(F)F. The third kappa shape index (κ3) is 2.24. The zero-order valence-corrected chi connectivity index (χ0v) is 12.2. The predicted octanol–water partition coefficient (Wildman–Crippen LogP) is 5.50. The highest BCUT2D eigenvalue weighted by Gasteiger charge is 2.72. The van der Waals surface area contributed by atoms with E-state index >= 15 is 0 Å². The number of alkyl halides is 2. The van der Waals surface area contributed by atoms with E-state index in [1.807, 2.05) is 20.8 Å². The first-order chi connectivity index (χ1) is 7.65. The largest absolute Gasteiger partial charge is 0.259 e. The summed E-state index contributed by atoms with van der Waals surface area (Å²) in [5.74, 6) is -4.02. The van der Waals surface area contributed by atoms with Gasteiger partial charge in [0.15, 0.2) is 0 Å². The van der Waals surface area contributed by atoms with Gasteiger partial charge in [-0.2, -0.15) is 0 Å². The quantitative estimate of drug-likeness (QED) is 0.640. The van der Waals surface area contributed by atoms with Crippen LogP contribution < -0.4 is 0 Å². The van der Waals surface area contributed by atoms with Crippen molar-refractivity contribution in [3.8, 4) is 0 Å². The Hall–Kier alpha value is -0.150. The Bertz CT molecular complexity index is 451. The van der Waals surface area contributed by atoms with Crippen LogP contribution in [-0.4, -0.2) is 5.92 Å². The van der Waals surface area contributed by atoms with E-state index in [0.717, 1.165) is 4.47 Å². The van der Waals surface area contributed by atoms with Crippen LogP contribution in [0.3, 0.4) is 0 Å². The number of hydrogen-bond donors (Lipinski definition) is 0. The van der Waals surface area contributed by atoms with Gasteiger partial charge in [0.25, 0.3) is 5.92 Å². The number of hydrogen-bond acceptors (Lipinski definition) is 0. The molecule has 1 saturated carbocycles. The van der Waals surface area contributed by atoms with Gasteiger partial charge >= 0.3 is 0 Å². The van der Waals surface area contributed by atoms with Gasteiger partial charge in [0.1, 0.15) is 0 Å². The lowest BCUT2D eigenvalue weighted by Gasteiger charge is -2.17. The maximum absolute atomic E-state index is 13.9. The standard InChI is InChI=1S/C13H14BrClF2/c1-12(2,3)11-10(13(11,16)17)8-5-4-7(14)6-9(8)15/h4-6,10-11H,1-3H3. The monoisotopic (exact) mass is 322 g/mol. The molecule has 0 aromatic heterocycles. The van der Waals surface area contributed by atoms with Crippen molar-refractivity contribution in [2.75, 3.05) is 0 Å². The van der Waals surface area contributed by atoms with Crippen LogP contribution in [0.1, 0.15) is 32.3 Å². The minimum absolute atomic E-state index is 0.412. The van der Waals surface area contributed by atoms with Crippen LogP contribution in [0.5, 0.6) is 0 Å². The van der Waals surface area contributed by atoms with Crippen molar-refractivity contribution >= 4 is 27.5 Å². The van der Waals surface area contributed by atoms with E-state index in [-0.39, 0.29) is 0 Å². The third-order valence-electron chi connectivity index (χ3n) is 3.28. The molecule has 0 nitrogen and oxygen atoms in total. The molecule has 1 aliphatic carbocycles. The van der Waals surface area contributed by atoms with Gasteiger partial charge in [-0.25, -0.2) is 8.78 Å². The lowest BCUT2D eigenvalue weighted by Crippen LogP contribution is -2.13. The summed E-state index contributed by atoms with van der Waals surface area (Å²) in [4.78, 5) is 0. The van der Waals surface area contributed by atoms with E-state index < -0.39 is 23.2 Å². The second kappa shape index (κ2) is 3.92. The van der Waals surface area contributed by atoms with Crippen LogP contribution in [0.25, 0.3) is 0 Å². The summed E-state index contributed by atoms with van der Waals surface area (Å²) in [6, 6.07) is 5.12. The van der Waals surface area contributed by atoms with Crippen molar-refractivity contribution in [1.82, 2.24) is 0 Å². The fourth-order valence-corrected chi connectivity index (χ4v) is 3.34. The second-order valence-electron chi connectivity index (χ2n) is 5.66. The Kier molecular flexibility index (Phi) is 3.07. The van der Waals surface area contributed by atoms with Crippen molar-refractivity contribution in [2.24, 2.45) is 11.3 Å². The molecule has 0 saturated heterocycles. The Morgan fingerprint density at radius 3 is 2.29 bits per heavy atom. The normalized spacial score (nSPS) is 27.0. The van der Waals surface area contributed by atoms with Crippen LogP contribution in [-0.2, 0) is 0 Å². The van der Waals surface area contributed by atoms with Gasteiger partial charge in [0.05, 0.1) is 5.92 Å². The van der Waals surface area contributed by atoms with Crippen LogP contribution in [0.15, 0.2) is 22.7 Å². The lowest BCUT2D eigenvalue weighted by atomic mass is 9.87. The first-order valence-corrected chi connectivity index (χ1v) is 6.65. The lowest BCUT2D eigenvalue weighted by molar-refractivity contribution is 0.0682. The van der Waals surface area contributed by atoms with Gasteiger partial charge in [-0.15, -0.1) is 0 Å². The van der Waals surface area contributed by atoms with E-state index in [4.69, 9.17) is 11.6 Å². The first kappa shape index (κ1) is 13.3. The van der Waals surface area contributed by atoms with Crippen LogP contribution >= 0.6 is 27.5 Å². The summed E-state index contributed by atoms with van der Waals surface area (Å²) in [6.07, 6.45) is 0. The highest BCUT2D eigenvalue weighted by Crippen LogP contribution is 2.68. The van der Waals surface area contributed by atoms with Crippen molar-refractivity contribution in [1.29, 1.82) is 0 Å². The van der Waals surface area contributed by atoms with E-state index in [2.05, 4.69) is 15.9 Å². The minimum atomic E-state index is -2.64. The van der Waals surface area contributed by atoms with Crippen molar-refractivity contribution in [3.63, 3.8) is 0 Å². The van der Waals surface area contributed by atoms with Crippen molar-refractivity contribution in [3.05, 3.63) is 33.3 Å². The zero-order valence-electron chi connectivity index (χ0n) is 9.90. The highest BCUT2D eigenvalue weighted by atomic mass is 79.9. The van der Waals surface area contributed by atoms with E-state index in [9.17, 15) is 8.78 Å². The Morgan fingerprint density at radius 2 is 1.88 bits per heavy atom. The number of rotatable bonds is 1. The molecular weight excluding hydrogens is 309 g/mol. The second-order valence-corrected chi connectivity index (χ2v) is 6.98. The van der Waals surface area contributed by atoms with Crippen LogP contribution in [0.2, 0.25) is 5.02 Å². The Balaban J connectivity index is 2.37. The molecular formula is C13H14BrClF2. The number of halogens is 4. The smallest absolute Gasteiger partial charge is 0.206 e. The molecule has 0 bridgehead atoms. The van der Waals surface area contributed by atoms with E-state index in [0.29, 0.717) is 10.6 Å². The summed E-state index contributed by atoms with van der Waals surface area (Å²) in [5.41, 5.74) is 0.143. The van der Waals surface area contributed by atoms with E-state index in [1.54, 1.807) is 18.2 Å². The van der Waals surface area contributed by atoms with Crippen molar-refractivity contribution < 1.29 is 8.78 Å². The fraction of sp³-hybridized carbons (Fsp3) is 0.538. The molecule has 1 aromatic rings. The van der Waals surface area contributed by atoms with Gasteiger partial charge in [0, 0.05) is 15.4 Å². The summed E-state index contributed by atoms with van der Waals surface area (Å²) < 4.78 is 28.5. The topological polar surface area (TPSA) is 0 Å². The molecule has 0 spiro atoms. The van der Waals surface area contributed by atoms with Gasteiger partial charge in [-0.1, -0.05) is 54.4 Å². The molecule has 1 fully saturated rings. The zero-order chi connectivity index (χ0) is 13.0. The van der Waals surface area contributed by atoms with Gasteiger partial charge in [-0.3, -0.25) is 0 Å². The third-order valence-corrected chi connectivity index (χ3v) is 4.10. The average molecular weight is 324 g/mol. The summed E-state index contributed by atoms with van der Waals surface area (Å²) >= 11 is 9.32. The van der Waals surface area contributed by atoms with Gasteiger partial charge < -0.3 is 0 Å². The molecule has 0 heterocycles. The van der Waals surface area contributed by atoms with Crippen LogP contribution in [0.4, 0.5) is 8.78 Å². The van der Waals surface area contributed by atoms with Crippen LogP contribution in [0, 0.1) is 11.3 Å². The molecule has 4 heteroatoms. The van der Waals surface area contributed by atoms with Crippen molar-refractivity contribution in [2.45, 2.75) is 32.6 Å². The average Bonchev–Trinajstić information content (AvgIpc) is 2.68. The molecule has 0 amide bonds. The minimum Gasteiger partial charge on any atom is -0.206 e. The number of benzene rings is 1. The summed E-state index contributed by atoms with van der Waals surface area (Å²) in [6.45, 7) is 5.54. The Morgan fingerprint density at radius 1 is 1.29 bits per heavy atom. The summed E-state index contributed by atoms with van der Waals surface area (Å²) in [7, 11) is 0. The van der Waals surface area contributed by atoms with E-state index in [1.165, 1.54) is 0 Å². The van der Waals surface area contributed by atoms with Gasteiger partial charge in [-0.05, 0) is 23.1 Å². The molecule has 17 heavy (non-hydrogen) atoms. The maximum Gasteiger partial charge on any atom is 0.259 e. The molecule has 2 unspecified atom stereocenters. The molecule has 2 atom stereocenters. The highest BCUT2D eigenvalue weighted by molar-refractivity contribution is 9.10. The molecule has 0 radical (unpaired) electrons. The molecule has 94 valence electrons. The maximum atomic E-state index is 13.9. The molecule has 0 aliphatic heterocycles. The molecule has 1 aromatic carbocycles. The molecule has 2 rings (SSSR count). The molecule has 1 aliphatic rings. The fourth-order valence-electron chi connectivity index (χ4n) is 2.54. The first-order valence-electron chi connectivity index (χ1n) is 5.48. The Labute approximate surface area is 113 Å². The predicted molar refractivity (Wildman–Crippen MR) is 69.8 cm³/mol. The van der Waals surface area contributed by atoms with Gasteiger partial charge in [0.2, 0.25) is 0 Å². The molecule has 0 N–H and O–H groups in total.